The number of thiazole rings is 1. The van der Waals surface area contributed by atoms with Crippen molar-refractivity contribution in [3.8, 4) is 17.3 Å². The summed E-state index contributed by atoms with van der Waals surface area (Å²) in [6, 6.07) is 15.1. The number of aliphatic hydroxyl groups is 2. The number of halogens is 2. The van der Waals surface area contributed by atoms with Crippen LogP contribution in [0.2, 0.25) is 0 Å². The Kier molecular flexibility index (Phi) is 12.2. The molecule has 3 heterocycles. The summed E-state index contributed by atoms with van der Waals surface area (Å²) < 4.78 is 70.9. The molecule has 1 amide bonds. The van der Waals surface area contributed by atoms with Crippen LogP contribution < -0.4 is 9.47 Å². The summed E-state index contributed by atoms with van der Waals surface area (Å²) in [5.74, 6) is -2.12. The van der Waals surface area contributed by atoms with Crippen LogP contribution in [-0.2, 0) is 33.9 Å². The Balaban J connectivity index is 0.00000109. The molecule has 2 aromatic carbocycles. The Morgan fingerprint density at radius 3 is 2.55 bits per heavy atom. The Hall–Kier alpha value is -5.23. The number of hydrogen-bond donors (Lipinski definition) is 3. The first kappa shape index (κ1) is 38.6. The maximum atomic E-state index is 15.2. The van der Waals surface area contributed by atoms with Gasteiger partial charge in [0.25, 0.3) is 6.33 Å². The van der Waals surface area contributed by atoms with Gasteiger partial charge in [-0.15, -0.1) is 16.0 Å². The predicted octanol–water partition coefficient (Wildman–Crippen LogP) is 3.82. The van der Waals surface area contributed by atoms with Crippen molar-refractivity contribution in [3.63, 3.8) is 0 Å². The molecule has 3 atom stereocenters. The van der Waals surface area contributed by atoms with E-state index in [9.17, 15) is 19.4 Å². The lowest BCUT2D eigenvalue weighted by atomic mass is 9.82. The molecule has 0 aliphatic rings. The number of carbonyl (C=O) groups is 1. The number of aliphatic hydroxyl groups excluding tert-OH is 1. The van der Waals surface area contributed by atoms with Crippen molar-refractivity contribution in [2.24, 2.45) is 0 Å². The number of amides is 1. The molecule has 0 aliphatic heterocycles. The van der Waals surface area contributed by atoms with Crippen LogP contribution in [0, 0.1) is 23.0 Å². The minimum absolute atomic E-state index is 0.239. The van der Waals surface area contributed by atoms with E-state index in [0.29, 0.717) is 21.8 Å². The van der Waals surface area contributed by atoms with Gasteiger partial charge in [-0.2, -0.15) is 9.83 Å². The minimum Gasteiger partial charge on any atom is -0.726 e. The van der Waals surface area contributed by atoms with Gasteiger partial charge in [-0.1, -0.05) is 25.1 Å². The highest BCUT2D eigenvalue weighted by Crippen LogP contribution is 2.41. The van der Waals surface area contributed by atoms with Gasteiger partial charge in [0.1, 0.15) is 29.6 Å². The third kappa shape index (κ3) is 9.72. The van der Waals surface area contributed by atoms with Crippen LogP contribution in [0.5, 0.6) is 0 Å². The monoisotopic (exact) mass is 743 g/mol. The number of ether oxygens (including phenoxy) is 1. The summed E-state index contributed by atoms with van der Waals surface area (Å²) in [7, 11) is -3.45. The summed E-state index contributed by atoms with van der Waals surface area (Å²) >= 11 is 1.25. The van der Waals surface area contributed by atoms with Crippen LogP contribution in [0.3, 0.4) is 0 Å². The second kappa shape index (κ2) is 16.2. The van der Waals surface area contributed by atoms with E-state index in [2.05, 4.69) is 21.1 Å². The molecular weight excluding hydrogens is 713 g/mol. The van der Waals surface area contributed by atoms with Gasteiger partial charge < -0.3 is 19.5 Å². The van der Waals surface area contributed by atoms with Gasteiger partial charge in [-0.3, -0.25) is 9.45 Å². The molecular formula is C32H31F2N7O8S2. The number of nitriles is 1. The molecule has 0 aliphatic carbocycles. The molecule has 3 aromatic heterocycles. The van der Waals surface area contributed by atoms with Crippen molar-refractivity contribution in [3.05, 3.63) is 112 Å². The molecule has 268 valence electrons. The Labute approximate surface area is 294 Å². The van der Waals surface area contributed by atoms with Crippen molar-refractivity contribution in [1.82, 2.24) is 19.7 Å². The van der Waals surface area contributed by atoms with Crippen LogP contribution in [0.1, 0.15) is 47.7 Å². The average Bonchev–Trinajstić information content (AvgIpc) is 3.78. The zero-order valence-electron chi connectivity index (χ0n) is 27.2. The van der Waals surface area contributed by atoms with Crippen molar-refractivity contribution < 1.29 is 50.6 Å². The van der Waals surface area contributed by atoms with Crippen molar-refractivity contribution in [1.29, 1.82) is 5.26 Å². The number of rotatable bonds is 10. The van der Waals surface area contributed by atoms with E-state index in [1.807, 2.05) is 0 Å². The van der Waals surface area contributed by atoms with E-state index in [1.165, 1.54) is 51.4 Å². The average molecular weight is 744 g/mol. The molecule has 51 heavy (non-hydrogen) atoms. The van der Waals surface area contributed by atoms with Crippen LogP contribution in [0.4, 0.5) is 19.4 Å². The summed E-state index contributed by atoms with van der Waals surface area (Å²) in [5.41, 5.74) is 0.0148. The predicted molar refractivity (Wildman–Crippen MR) is 175 cm³/mol. The second-order valence-corrected chi connectivity index (χ2v) is 12.8. The van der Waals surface area contributed by atoms with Crippen LogP contribution in [0.25, 0.3) is 11.3 Å². The number of carbonyl (C=O) groups excluding carboxylic acids is 1. The standard InChI is InChI=1S/C32H30F2N7O4S.H2O4S/c1-20(30-38-28(16-46-30)23-8-6-22(14-35)7-9-23)32(44,26-13-25(33)10-11-27(26)34)17-41-19-40(18-37-41)21(2)45-31(43)39(3)29-24(15-42)5-4-12-36-29;1-5(2,3)4/h4-13,16,18-21,42,44H,15,17H2,1-3H3;(H2,1,2,3,4)/q+1;/p-1/t20-,21?,32+;/m0./s1. The third-order valence-electron chi connectivity index (χ3n) is 7.64. The van der Waals surface area contributed by atoms with Crippen LogP contribution in [-0.4, -0.2) is 60.6 Å². The third-order valence-corrected chi connectivity index (χ3v) is 8.66. The van der Waals surface area contributed by atoms with Crippen molar-refractivity contribution >= 4 is 33.6 Å². The molecule has 0 saturated carbocycles. The van der Waals surface area contributed by atoms with Gasteiger partial charge in [0.15, 0.2) is 0 Å². The van der Waals surface area contributed by atoms with Gasteiger partial charge in [0.05, 0.1) is 28.9 Å². The van der Waals surface area contributed by atoms with Crippen molar-refractivity contribution in [2.75, 3.05) is 11.9 Å². The molecule has 0 radical (unpaired) electrons. The summed E-state index contributed by atoms with van der Waals surface area (Å²) in [5, 5.41) is 37.4. The number of pyridine rings is 1. The largest absolute Gasteiger partial charge is 0.726 e. The van der Waals surface area contributed by atoms with Crippen LogP contribution in [0.15, 0.2) is 78.8 Å². The summed E-state index contributed by atoms with van der Waals surface area (Å²) in [4.78, 5) is 22.9. The lowest BCUT2D eigenvalue weighted by molar-refractivity contribution is -0.753. The first-order chi connectivity index (χ1) is 24.0. The van der Waals surface area contributed by atoms with Crippen LogP contribution >= 0.6 is 11.3 Å². The Morgan fingerprint density at radius 2 is 1.90 bits per heavy atom. The molecule has 5 rings (SSSR count). The molecule has 0 saturated heterocycles. The lowest BCUT2D eigenvalue weighted by Gasteiger charge is -2.32. The molecule has 0 fully saturated rings. The number of anilines is 1. The number of benzene rings is 2. The highest BCUT2D eigenvalue weighted by Gasteiger charge is 2.43. The molecule has 5 aromatic rings. The second-order valence-electron chi connectivity index (χ2n) is 11.0. The number of nitrogens with zero attached hydrogens (tertiary/aromatic N) is 7. The van der Waals surface area contributed by atoms with Gasteiger partial charge in [-0.05, 0) is 36.4 Å². The number of hydrogen-bond acceptors (Lipinski definition) is 12. The first-order valence-electron chi connectivity index (χ1n) is 14.8. The van der Waals surface area contributed by atoms with Gasteiger partial charge in [0, 0.05) is 53.3 Å². The highest BCUT2D eigenvalue weighted by atomic mass is 32.3. The summed E-state index contributed by atoms with van der Waals surface area (Å²) in [6.07, 6.45) is 2.72. The normalized spacial score (nSPS) is 13.6. The molecule has 15 nitrogen and oxygen atoms in total. The van der Waals surface area contributed by atoms with E-state index in [4.69, 9.17) is 27.5 Å². The SMILES string of the molecule is CC(OC(=O)N(C)c1ncccc1CO)[n+]1cnn(C[C@](O)(c2cc(F)ccc2F)[C@@H](C)c2nc(-c3ccc(C#N)cc3)cs2)c1.O=S(=O)([O-])O. The molecule has 0 bridgehead atoms. The molecule has 19 heteroatoms. The zero-order valence-corrected chi connectivity index (χ0v) is 28.8. The summed E-state index contributed by atoms with van der Waals surface area (Å²) in [6.45, 7) is 2.65. The van der Waals surface area contributed by atoms with Gasteiger partial charge >= 0.3 is 6.09 Å². The van der Waals surface area contributed by atoms with E-state index in [-0.39, 0.29) is 24.5 Å². The zero-order chi connectivity index (χ0) is 37.5. The topological polar surface area (TPSA) is 219 Å². The fourth-order valence-corrected chi connectivity index (χ4v) is 5.88. The fraction of sp³-hybridized carbons (Fsp3) is 0.250. The minimum atomic E-state index is -4.92. The Morgan fingerprint density at radius 1 is 1.22 bits per heavy atom. The van der Waals surface area contributed by atoms with E-state index in [0.717, 1.165) is 23.8 Å². The first-order valence-corrected chi connectivity index (χ1v) is 17.0. The molecule has 0 spiro atoms. The van der Waals surface area contributed by atoms with E-state index >= 15 is 4.39 Å². The molecule has 1 unspecified atom stereocenters. The Bertz CT molecular complexity index is 2130. The fourth-order valence-electron chi connectivity index (χ4n) is 4.91. The quantitative estimate of drug-likeness (QED) is 0.106. The maximum Gasteiger partial charge on any atom is 0.418 e. The lowest BCUT2D eigenvalue weighted by Crippen LogP contribution is -2.42. The van der Waals surface area contributed by atoms with E-state index < -0.39 is 45.9 Å². The number of aromatic nitrogens is 5. The maximum absolute atomic E-state index is 15.2. The smallest absolute Gasteiger partial charge is 0.418 e. The molecule has 3 N–H and O–H groups in total. The van der Waals surface area contributed by atoms with Crippen molar-refractivity contribution in [2.45, 2.75) is 44.7 Å². The highest BCUT2D eigenvalue weighted by molar-refractivity contribution is 7.79. The van der Waals surface area contributed by atoms with Gasteiger partial charge in [-0.25, -0.2) is 32.0 Å². The van der Waals surface area contributed by atoms with E-state index in [1.54, 1.807) is 55.6 Å². The van der Waals surface area contributed by atoms with Gasteiger partial charge in [0.2, 0.25) is 23.0 Å².